The van der Waals surface area contributed by atoms with Crippen molar-refractivity contribution in [2.45, 2.75) is 13.0 Å². The SMILES string of the molecule is O=C(c1cc2cccc(Cl)c2[nH]1)N1CCc2c(noc2-c2ccc(Cl)cc2)C1. The van der Waals surface area contributed by atoms with Gasteiger partial charge in [-0.15, -0.1) is 0 Å². The molecule has 5 nitrogen and oxygen atoms in total. The summed E-state index contributed by atoms with van der Waals surface area (Å²) in [4.78, 5) is 17.9. The van der Waals surface area contributed by atoms with Crippen molar-refractivity contribution < 1.29 is 9.32 Å². The zero-order valence-corrected chi connectivity index (χ0v) is 16.2. The van der Waals surface area contributed by atoms with Crippen molar-refractivity contribution >= 4 is 40.0 Å². The lowest BCUT2D eigenvalue weighted by atomic mass is 10.0. The van der Waals surface area contributed by atoms with Crippen molar-refractivity contribution in [2.24, 2.45) is 0 Å². The summed E-state index contributed by atoms with van der Waals surface area (Å²) in [6, 6.07) is 14.9. The normalized spacial score (nSPS) is 13.7. The molecule has 0 bridgehead atoms. The molecule has 2 aromatic carbocycles. The molecule has 1 aliphatic rings. The molecule has 1 amide bonds. The molecule has 140 valence electrons. The van der Waals surface area contributed by atoms with Gasteiger partial charge in [0.05, 0.1) is 17.1 Å². The molecule has 5 rings (SSSR count). The van der Waals surface area contributed by atoms with Crippen LogP contribution in [0.4, 0.5) is 0 Å². The lowest BCUT2D eigenvalue weighted by molar-refractivity contribution is 0.0726. The van der Waals surface area contributed by atoms with Gasteiger partial charge in [-0.3, -0.25) is 4.79 Å². The van der Waals surface area contributed by atoms with E-state index in [0.29, 0.717) is 35.2 Å². The maximum atomic E-state index is 13.0. The van der Waals surface area contributed by atoms with Crippen LogP contribution < -0.4 is 0 Å². The molecule has 28 heavy (non-hydrogen) atoms. The number of para-hydroxylation sites is 1. The molecule has 0 atom stereocenters. The zero-order valence-electron chi connectivity index (χ0n) is 14.7. The highest BCUT2D eigenvalue weighted by atomic mass is 35.5. The monoisotopic (exact) mass is 411 g/mol. The number of hydrogen-bond acceptors (Lipinski definition) is 3. The number of H-pyrrole nitrogens is 1. The predicted octanol–water partition coefficient (Wildman–Crippen LogP) is 5.33. The molecule has 0 radical (unpaired) electrons. The number of rotatable bonds is 2. The molecule has 2 aromatic heterocycles. The average Bonchev–Trinajstić information content (AvgIpc) is 3.33. The highest BCUT2D eigenvalue weighted by Crippen LogP contribution is 2.32. The number of aromatic nitrogens is 2. The fraction of sp³-hybridized carbons (Fsp3) is 0.143. The van der Waals surface area contributed by atoms with E-state index in [2.05, 4.69) is 10.1 Å². The van der Waals surface area contributed by atoms with Gasteiger partial charge in [0.25, 0.3) is 5.91 Å². The van der Waals surface area contributed by atoms with Crippen molar-refractivity contribution in [1.29, 1.82) is 0 Å². The number of halogens is 2. The Morgan fingerprint density at radius 3 is 2.75 bits per heavy atom. The lowest BCUT2D eigenvalue weighted by Crippen LogP contribution is -2.36. The second-order valence-corrected chi connectivity index (χ2v) is 7.65. The third-order valence-electron chi connectivity index (χ3n) is 5.07. The van der Waals surface area contributed by atoms with Crippen LogP contribution in [0.3, 0.4) is 0 Å². The highest BCUT2D eigenvalue weighted by molar-refractivity contribution is 6.35. The summed E-state index contributed by atoms with van der Waals surface area (Å²) >= 11 is 12.2. The minimum Gasteiger partial charge on any atom is -0.356 e. The average molecular weight is 412 g/mol. The summed E-state index contributed by atoms with van der Waals surface area (Å²) in [6.07, 6.45) is 0.684. The molecule has 0 aliphatic carbocycles. The Morgan fingerprint density at radius 2 is 1.96 bits per heavy atom. The number of benzene rings is 2. The van der Waals surface area contributed by atoms with E-state index in [1.807, 2.05) is 42.5 Å². The summed E-state index contributed by atoms with van der Waals surface area (Å²) in [5.74, 6) is 0.671. The van der Waals surface area contributed by atoms with Gasteiger partial charge in [0, 0.05) is 28.1 Å². The van der Waals surface area contributed by atoms with Crippen LogP contribution in [0.15, 0.2) is 53.1 Å². The van der Waals surface area contributed by atoms with Crippen LogP contribution in [0.5, 0.6) is 0 Å². The maximum Gasteiger partial charge on any atom is 0.270 e. The molecule has 3 heterocycles. The van der Waals surface area contributed by atoms with Gasteiger partial charge in [0.1, 0.15) is 11.4 Å². The van der Waals surface area contributed by atoms with Crippen LogP contribution in [-0.2, 0) is 13.0 Å². The van der Waals surface area contributed by atoms with Crippen LogP contribution in [-0.4, -0.2) is 27.5 Å². The molecular formula is C21H15Cl2N3O2. The number of carbonyl (C=O) groups is 1. The second-order valence-electron chi connectivity index (χ2n) is 6.81. The Kier molecular flexibility index (Phi) is 4.14. The molecule has 7 heteroatoms. The summed E-state index contributed by atoms with van der Waals surface area (Å²) in [7, 11) is 0. The van der Waals surface area contributed by atoms with Gasteiger partial charge in [-0.1, -0.05) is 40.5 Å². The third-order valence-corrected chi connectivity index (χ3v) is 5.64. The smallest absolute Gasteiger partial charge is 0.270 e. The minimum absolute atomic E-state index is 0.0750. The first-order valence-electron chi connectivity index (χ1n) is 8.90. The first-order valence-corrected chi connectivity index (χ1v) is 9.65. The lowest BCUT2D eigenvalue weighted by Gasteiger charge is -2.25. The number of nitrogens with one attached hydrogen (secondary N) is 1. The quantitative estimate of drug-likeness (QED) is 0.484. The van der Waals surface area contributed by atoms with Crippen molar-refractivity contribution in [2.75, 3.05) is 6.54 Å². The molecule has 4 aromatic rings. The molecule has 0 saturated heterocycles. The Bertz CT molecular complexity index is 1190. The minimum atomic E-state index is -0.0750. The summed E-state index contributed by atoms with van der Waals surface area (Å²) in [5.41, 5.74) is 4.07. The summed E-state index contributed by atoms with van der Waals surface area (Å²) in [5, 5.41) is 6.39. The number of hydrogen-bond donors (Lipinski definition) is 1. The van der Waals surface area contributed by atoms with E-state index in [1.165, 1.54) is 0 Å². The molecule has 0 unspecified atom stereocenters. The fourth-order valence-electron chi connectivity index (χ4n) is 3.64. The van der Waals surface area contributed by atoms with E-state index in [1.54, 1.807) is 11.0 Å². The Morgan fingerprint density at radius 1 is 1.14 bits per heavy atom. The Hall–Kier alpha value is -2.76. The van der Waals surface area contributed by atoms with E-state index < -0.39 is 0 Å². The summed E-state index contributed by atoms with van der Waals surface area (Å²) in [6.45, 7) is 1.01. The van der Waals surface area contributed by atoms with Gasteiger partial charge in [0.2, 0.25) is 0 Å². The molecule has 1 N–H and O–H groups in total. The molecular weight excluding hydrogens is 397 g/mol. The number of nitrogens with zero attached hydrogens (tertiary/aromatic N) is 2. The van der Waals surface area contributed by atoms with Gasteiger partial charge in [-0.2, -0.15) is 0 Å². The number of aromatic amines is 1. The third kappa shape index (κ3) is 2.87. The fourth-order valence-corrected chi connectivity index (χ4v) is 3.99. The van der Waals surface area contributed by atoms with Gasteiger partial charge < -0.3 is 14.4 Å². The molecule has 0 fully saturated rings. The Balaban J connectivity index is 1.42. The zero-order chi connectivity index (χ0) is 19.3. The number of fused-ring (bicyclic) bond motifs is 2. The summed E-state index contributed by atoms with van der Waals surface area (Å²) < 4.78 is 5.58. The van der Waals surface area contributed by atoms with Crippen LogP contribution in [0.25, 0.3) is 22.2 Å². The van der Waals surface area contributed by atoms with Crippen molar-refractivity contribution in [3.05, 3.63) is 75.5 Å². The van der Waals surface area contributed by atoms with Crippen molar-refractivity contribution in [3.8, 4) is 11.3 Å². The van der Waals surface area contributed by atoms with Crippen LogP contribution in [0, 0.1) is 0 Å². The Labute approximate surface area is 170 Å². The van der Waals surface area contributed by atoms with Gasteiger partial charge in [0.15, 0.2) is 5.76 Å². The van der Waals surface area contributed by atoms with Gasteiger partial charge in [-0.05, 0) is 42.8 Å². The largest absolute Gasteiger partial charge is 0.356 e. The van der Waals surface area contributed by atoms with Gasteiger partial charge in [-0.25, -0.2) is 0 Å². The van der Waals surface area contributed by atoms with E-state index in [-0.39, 0.29) is 5.91 Å². The van der Waals surface area contributed by atoms with Gasteiger partial charge >= 0.3 is 0 Å². The van der Waals surface area contributed by atoms with Crippen molar-refractivity contribution in [1.82, 2.24) is 15.0 Å². The molecule has 1 aliphatic heterocycles. The molecule has 0 saturated carbocycles. The van der Waals surface area contributed by atoms with Crippen molar-refractivity contribution in [3.63, 3.8) is 0 Å². The second kappa shape index (κ2) is 6.69. The number of amides is 1. The topological polar surface area (TPSA) is 62.1 Å². The van der Waals surface area contributed by atoms with Crippen LogP contribution in [0.2, 0.25) is 10.0 Å². The van der Waals surface area contributed by atoms with E-state index >= 15 is 0 Å². The van der Waals surface area contributed by atoms with E-state index in [9.17, 15) is 4.79 Å². The standard InChI is InChI=1S/C21H15Cl2N3O2/c22-14-6-4-12(5-7-14)20-15-8-9-26(11-18(15)25-28-20)21(27)17-10-13-2-1-3-16(23)19(13)24-17/h1-7,10,24H,8-9,11H2. The van der Waals surface area contributed by atoms with E-state index in [0.717, 1.165) is 33.5 Å². The predicted molar refractivity (Wildman–Crippen MR) is 109 cm³/mol. The first kappa shape index (κ1) is 17.3. The highest BCUT2D eigenvalue weighted by Gasteiger charge is 2.28. The van der Waals surface area contributed by atoms with E-state index in [4.69, 9.17) is 27.7 Å². The van der Waals surface area contributed by atoms with Crippen LogP contribution in [0.1, 0.15) is 21.7 Å². The number of carbonyl (C=O) groups excluding carboxylic acids is 1. The van der Waals surface area contributed by atoms with Crippen LogP contribution >= 0.6 is 23.2 Å². The maximum absolute atomic E-state index is 13.0. The first-order chi connectivity index (χ1) is 13.6. The molecule has 0 spiro atoms.